The van der Waals surface area contributed by atoms with Gasteiger partial charge in [0.1, 0.15) is 18.5 Å². The molecule has 1 fully saturated rings. The molecule has 4 rings (SSSR count). The fourth-order valence-electron chi connectivity index (χ4n) is 3.59. The number of nitrogens with zero attached hydrogens (tertiary/aromatic N) is 5. The van der Waals surface area contributed by atoms with E-state index >= 15 is 0 Å². The molecule has 0 spiro atoms. The molecule has 1 aliphatic heterocycles. The zero-order chi connectivity index (χ0) is 23.8. The summed E-state index contributed by atoms with van der Waals surface area (Å²) in [6.45, 7) is -0.547. The van der Waals surface area contributed by atoms with Gasteiger partial charge < -0.3 is 25.6 Å². The third-order valence-electron chi connectivity index (χ3n) is 5.40. The molecule has 0 aliphatic carbocycles. The number of imidazole rings is 1. The third kappa shape index (κ3) is 4.41. The molecule has 13 heteroatoms. The maximum Gasteiger partial charge on any atom is 0.233 e. The van der Waals surface area contributed by atoms with Gasteiger partial charge >= 0.3 is 0 Å². The normalized spacial score (nSPS) is 23.5. The van der Waals surface area contributed by atoms with Crippen molar-refractivity contribution in [2.75, 3.05) is 37.9 Å². The summed E-state index contributed by atoms with van der Waals surface area (Å²) in [4.78, 5) is 14.4. The van der Waals surface area contributed by atoms with E-state index in [1.165, 1.54) is 23.3 Å². The van der Waals surface area contributed by atoms with Crippen LogP contribution in [-0.4, -0.2) is 77.6 Å². The summed E-state index contributed by atoms with van der Waals surface area (Å²) in [7, 11) is -0.258. The maximum atomic E-state index is 12.4. The number of nitrogen functional groups attached to an aromatic ring is 1. The summed E-state index contributed by atoms with van der Waals surface area (Å²) in [5, 5.41) is 23.0. The lowest BCUT2D eigenvalue weighted by molar-refractivity contribution is -0.107. The van der Waals surface area contributed by atoms with E-state index in [9.17, 15) is 18.6 Å². The molecule has 33 heavy (non-hydrogen) atoms. The van der Waals surface area contributed by atoms with Gasteiger partial charge in [-0.3, -0.25) is 4.57 Å². The Morgan fingerprint density at radius 2 is 2.09 bits per heavy atom. The number of para-hydroxylation sites is 1. The molecule has 0 amide bonds. The summed E-state index contributed by atoms with van der Waals surface area (Å²) in [6.07, 6.45) is 1.59. The number of hydrogen-bond donors (Lipinski definition) is 4. The van der Waals surface area contributed by atoms with Crippen LogP contribution in [0.25, 0.3) is 17.2 Å². The van der Waals surface area contributed by atoms with Gasteiger partial charge in [-0.05, 0) is 17.7 Å². The minimum Gasteiger partial charge on any atom is -0.398 e. The highest BCUT2D eigenvalue weighted by atomic mass is 32.2. The van der Waals surface area contributed by atoms with Gasteiger partial charge in [0, 0.05) is 31.7 Å². The van der Waals surface area contributed by atoms with Gasteiger partial charge in [0.2, 0.25) is 10.0 Å². The monoisotopic (exact) mass is 475 g/mol. The van der Waals surface area contributed by atoms with Crippen molar-refractivity contribution in [1.29, 1.82) is 0 Å². The van der Waals surface area contributed by atoms with E-state index in [2.05, 4.69) is 19.7 Å². The van der Waals surface area contributed by atoms with Gasteiger partial charge in [-0.2, -0.15) is 0 Å². The topological polar surface area (TPSA) is 169 Å². The Morgan fingerprint density at radius 1 is 1.33 bits per heavy atom. The molecule has 5 N–H and O–H groups in total. The molecule has 1 aromatic carbocycles. The van der Waals surface area contributed by atoms with Crippen molar-refractivity contribution in [3.63, 3.8) is 0 Å². The molecule has 0 bridgehead atoms. The number of anilines is 2. The average molecular weight is 476 g/mol. The number of rotatable bonds is 7. The van der Waals surface area contributed by atoms with Crippen LogP contribution in [0.5, 0.6) is 0 Å². The lowest BCUT2D eigenvalue weighted by Gasteiger charge is -2.28. The molecule has 0 radical (unpaired) electrons. The van der Waals surface area contributed by atoms with Crippen LogP contribution in [0, 0.1) is 0 Å². The summed E-state index contributed by atoms with van der Waals surface area (Å²) in [5.74, 6) is 0.547. The molecular weight excluding hydrogens is 450 g/mol. The van der Waals surface area contributed by atoms with E-state index in [0.29, 0.717) is 28.2 Å². The summed E-state index contributed by atoms with van der Waals surface area (Å²) in [6, 6.07) is 6.84. The van der Waals surface area contributed by atoms with Gasteiger partial charge in [0.25, 0.3) is 0 Å². The fourth-order valence-corrected chi connectivity index (χ4v) is 4.41. The first kappa shape index (κ1) is 23.1. The Kier molecular flexibility index (Phi) is 6.07. The van der Waals surface area contributed by atoms with Crippen LogP contribution in [0.4, 0.5) is 11.5 Å². The lowest BCUT2D eigenvalue weighted by atomic mass is 10.1. The predicted octanol–water partition coefficient (Wildman–Crippen LogP) is -0.530. The molecule has 176 valence electrons. The number of aliphatic hydroxyl groups excluding tert-OH is 1. The van der Waals surface area contributed by atoms with Gasteiger partial charge in [-0.1, -0.05) is 18.2 Å². The second-order valence-corrected chi connectivity index (χ2v) is 9.53. The van der Waals surface area contributed by atoms with Crippen LogP contribution in [0.15, 0.2) is 42.3 Å². The molecule has 3 heterocycles. The first-order valence-electron chi connectivity index (χ1n) is 10.0. The Bertz CT molecular complexity index is 1290. The van der Waals surface area contributed by atoms with Crippen LogP contribution in [0.1, 0.15) is 5.56 Å². The Morgan fingerprint density at radius 3 is 2.82 bits per heavy atom. The molecule has 2 aromatic heterocycles. The minimum absolute atomic E-state index is 0.259. The second-order valence-electron chi connectivity index (χ2n) is 7.88. The number of ether oxygens (including phenoxy) is 1. The molecule has 1 saturated heterocycles. The smallest absolute Gasteiger partial charge is 0.233 e. The first-order chi connectivity index (χ1) is 15.6. The number of sulfonamides is 1. The van der Waals surface area contributed by atoms with Crippen molar-refractivity contribution in [1.82, 2.24) is 24.2 Å². The zero-order valence-electron chi connectivity index (χ0n) is 18.0. The van der Waals surface area contributed by atoms with Crippen molar-refractivity contribution in [3.8, 4) is 0 Å². The third-order valence-corrected chi connectivity index (χ3v) is 6.46. The first-order valence-corrected chi connectivity index (χ1v) is 11.6. The molecular formula is C20H25N7O5S. The number of benzene rings is 1. The molecule has 1 aliphatic rings. The van der Waals surface area contributed by atoms with E-state index in [-0.39, 0.29) is 13.2 Å². The Labute approximate surface area is 190 Å². The molecule has 3 atom stereocenters. The Hall–Kier alpha value is -3.10. The lowest BCUT2D eigenvalue weighted by Crippen LogP contribution is -2.48. The van der Waals surface area contributed by atoms with Crippen LogP contribution in [0.2, 0.25) is 0 Å². The molecule has 3 aromatic rings. The largest absolute Gasteiger partial charge is 0.398 e. The SMILES string of the molecule is CN(C)c1ncnc2c1ncn2[C@@]1(O)CO[C@H](CNS(=O)(=O)/C=C/c2ccccc2N)[C@H]1O. The van der Waals surface area contributed by atoms with E-state index in [1.54, 1.807) is 43.3 Å². The van der Waals surface area contributed by atoms with E-state index in [1.807, 2.05) is 0 Å². The van der Waals surface area contributed by atoms with Crippen molar-refractivity contribution < 1.29 is 23.4 Å². The van der Waals surface area contributed by atoms with E-state index in [0.717, 1.165) is 5.41 Å². The summed E-state index contributed by atoms with van der Waals surface area (Å²) >= 11 is 0. The molecule has 12 nitrogen and oxygen atoms in total. The minimum atomic E-state index is -3.85. The van der Waals surface area contributed by atoms with Crippen LogP contribution < -0.4 is 15.4 Å². The van der Waals surface area contributed by atoms with Gasteiger partial charge in [-0.25, -0.2) is 28.1 Å². The molecule has 0 unspecified atom stereocenters. The van der Waals surface area contributed by atoms with Crippen LogP contribution >= 0.6 is 0 Å². The van der Waals surface area contributed by atoms with E-state index in [4.69, 9.17) is 10.5 Å². The Balaban J connectivity index is 1.49. The van der Waals surface area contributed by atoms with Crippen LogP contribution in [-0.2, 0) is 20.5 Å². The molecule has 0 saturated carbocycles. The maximum absolute atomic E-state index is 12.4. The average Bonchev–Trinajstić information content (AvgIpc) is 3.34. The van der Waals surface area contributed by atoms with Crippen molar-refractivity contribution in [2.24, 2.45) is 0 Å². The number of aliphatic hydroxyl groups is 2. The highest BCUT2D eigenvalue weighted by molar-refractivity contribution is 7.92. The highest BCUT2D eigenvalue weighted by Crippen LogP contribution is 2.33. The number of nitrogens with one attached hydrogen (secondary N) is 1. The predicted molar refractivity (Wildman–Crippen MR) is 122 cm³/mol. The zero-order valence-corrected chi connectivity index (χ0v) is 18.8. The number of nitrogens with two attached hydrogens (primary N) is 1. The quantitative estimate of drug-likeness (QED) is 0.326. The fraction of sp³-hybridized carbons (Fsp3) is 0.350. The number of aromatic nitrogens is 4. The standard InChI is InChI=1S/C20H25N7O5S/c1-26(2)18-16-19(23-11-22-18)27(12-24-16)20(29)10-32-15(17(20)28)9-25-33(30,31)8-7-13-5-3-4-6-14(13)21/h3-8,11-12,15,17,25,28-29H,9-10,21H2,1-2H3/b8-7+/t15-,17-,20-/m1/s1. The van der Waals surface area contributed by atoms with Gasteiger partial charge in [0.05, 0.1) is 12.9 Å². The van der Waals surface area contributed by atoms with Crippen molar-refractivity contribution in [2.45, 2.75) is 17.9 Å². The van der Waals surface area contributed by atoms with Crippen molar-refractivity contribution >= 4 is 38.8 Å². The number of hydrogen-bond acceptors (Lipinski definition) is 10. The van der Waals surface area contributed by atoms with Crippen LogP contribution in [0.3, 0.4) is 0 Å². The second kappa shape index (κ2) is 8.68. The summed E-state index contributed by atoms with van der Waals surface area (Å²) in [5.41, 5.74) is 5.67. The summed E-state index contributed by atoms with van der Waals surface area (Å²) < 4.78 is 33.9. The van der Waals surface area contributed by atoms with E-state index < -0.39 is 28.0 Å². The number of fused-ring (bicyclic) bond motifs is 1. The van der Waals surface area contributed by atoms with Crippen molar-refractivity contribution in [3.05, 3.63) is 47.9 Å². The van der Waals surface area contributed by atoms with Gasteiger partial charge in [-0.15, -0.1) is 0 Å². The van der Waals surface area contributed by atoms with Gasteiger partial charge in [0.15, 0.2) is 22.7 Å². The highest BCUT2D eigenvalue weighted by Gasteiger charge is 2.50.